The van der Waals surface area contributed by atoms with Crippen molar-refractivity contribution in [3.8, 4) is 0 Å². The Morgan fingerprint density at radius 1 is 1.26 bits per heavy atom. The quantitative estimate of drug-likeness (QED) is 0.792. The molecule has 0 unspecified atom stereocenters. The number of hydrogen-bond donors (Lipinski definition) is 1. The third-order valence-corrected chi connectivity index (χ3v) is 3.92. The van der Waals surface area contributed by atoms with Crippen LogP contribution in [-0.2, 0) is 11.2 Å². The predicted molar refractivity (Wildman–Crippen MR) is 95.0 cm³/mol. The Kier molecular flexibility index (Phi) is 6.41. The van der Waals surface area contributed by atoms with Gasteiger partial charge in [-0.05, 0) is 37.1 Å². The summed E-state index contributed by atoms with van der Waals surface area (Å²) < 4.78 is 0. The molecule has 4 nitrogen and oxygen atoms in total. The number of pyridine rings is 1. The number of benzene rings is 1. The van der Waals surface area contributed by atoms with Crippen LogP contribution in [0.15, 0.2) is 42.6 Å². The number of likely N-dealkylation sites (N-methyl/N-ethyl adjacent to an activating group) is 1. The summed E-state index contributed by atoms with van der Waals surface area (Å²) in [6, 6.07) is 11.8. The van der Waals surface area contributed by atoms with Gasteiger partial charge in [0.1, 0.15) is 5.15 Å². The first-order chi connectivity index (χ1) is 11.1. The van der Waals surface area contributed by atoms with Gasteiger partial charge in [-0.1, -0.05) is 35.9 Å². The zero-order chi connectivity index (χ0) is 16.7. The number of carbonyl (C=O) groups is 1. The standard InChI is InChI=1S/C18H22ClN3O/c1-3-22(16-7-5-4-6-14(16)2)11-10-20-18(23)12-15-8-9-17(19)21-13-15/h4-9,13H,3,10-12H2,1-2H3,(H,20,23). The first kappa shape index (κ1) is 17.3. The van der Waals surface area contributed by atoms with Gasteiger partial charge in [-0.25, -0.2) is 4.98 Å². The SMILES string of the molecule is CCN(CCNC(=O)Cc1ccc(Cl)nc1)c1ccccc1C. The lowest BCUT2D eigenvalue weighted by Gasteiger charge is -2.25. The van der Waals surface area contributed by atoms with E-state index < -0.39 is 0 Å². The molecule has 0 fully saturated rings. The number of anilines is 1. The molecule has 0 aliphatic carbocycles. The lowest BCUT2D eigenvalue weighted by molar-refractivity contribution is -0.120. The van der Waals surface area contributed by atoms with Crippen LogP contribution in [0.4, 0.5) is 5.69 Å². The van der Waals surface area contributed by atoms with Gasteiger partial charge in [-0.3, -0.25) is 4.79 Å². The maximum absolute atomic E-state index is 12.0. The van der Waals surface area contributed by atoms with Crippen molar-refractivity contribution < 1.29 is 4.79 Å². The molecule has 0 saturated heterocycles. The van der Waals surface area contributed by atoms with Gasteiger partial charge in [-0.2, -0.15) is 0 Å². The Hall–Kier alpha value is -2.07. The molecule has 1 heterocycles. The van der Waals surface area contributed by atoms with E-state index in [0.29, 0.717) is 18.1 Å². The van der Waals surface area contributed by atoms with Crippen molar-refractivity contribution in [1.29, 1.82) is 0 Å². The van der Waals surface area contributed by atoms with Crippen LogP contribution in [0.1, 0.15) is 18.1 Å². The fourth-order valence-electron chi connectivity index (χ4n) is 2.46. The van der Waals surface area contributed by atoms with E-state index in [1.165, 1.54) is 11.3 Å². The largest absolute Gasteiger partial charge is 0.370 e. The summed E-state index contributed by atoms with van der Waals surface area (Å²) in [5.41, 5.74) is 3.32. The number of halogens is 1. The Morgan fingerprint density at radius 3 is 2.70 bits per heavy atom. The average Bonchev–Trinajstić information content (AvgIpc) is 2.55. The van der Waals surface area contributed by atoms with Gasteiger partial charge in [0.2, 0.25) is 5.91 Å². The molecule has 1 amide bonds. The second-order valence-electron chi connectivity index (χ2n) is 5.38. The molecule has 0 aliphatic rings. The van der Waals surface area contributed by atoms with Gasteiger partial charge >= 0.3 is 0 Å². The zero-order valence-corrected chi connectivity index (χ0v) is 14.3. The fourth-order valence-corrected chi connectivity index (χ4v) is 2.57. The second-order valence-corrected chi connectivity index (χ2v) is 5.77. The minimum atomic E-state index is -0.00467. The summed E-state index contributed by atoms with van der Waals surface area (Å²) in [4.78, 5) is 18.2. The van der Waals surface area contributed by atoms with Crippen LogP contribution in [0.2, 0.25) is 5.15 Å². The van der Waals surface area contributed by atoms with Crippen LogP contribution in [0.3, 0.4) is 0 Å². The van der Waals surface area contributed by atoms with Crippen molar-refractivity contribution in [3.63, 3.8) is 0 Å². The number of rotatable bonds is 7. The summed E-state index contributed by atoms with van der Waals surface area (Å²) >= 11 is 5.74. The van der Waals surface area contributed by atoms with E-state index in [0.717, 1.165) is 18.7 Å². The van der Waals surface area contributed by atoms with Crippen molar-refractivity contribution in [2.45, 2.75) is 20.3 Å². The lowest BCUT2D eigenvalue weighted by atomic mass is 10.2. The van der Waals surface area contributed by atoms with Crippen molar-refractivity contribution >= 4 is 23.2 Å². The van der Waals surface area contributed by atoms with Crippen LogP contribution in [0.25, 0.3) is 0 Å². The van der Waals surface area contributed by atoms with Gasteiger partial charge in [0, 0.05) is 31.5 Å². The molecule has 0 radical (unpaired) electrons. The first-order valence-electron chi connectivity index (χ1n) is 7.78. The third kappa shape index (κ3) is 5.25. The fraction of sp³-hybridized carbons (Fsp3) is 0.333. The summed E-state index contributed by atoms with van der Waals surface area (Å²) in [7, 11) is 0. The monoisotopic (exact) mass is 331 g/mol. The molecule has 2 rings (SSSR count). The summed E-state index contributed by atoms with van der Waals surface area (Å²) in [5, 5.41) is 3.39. The number of aryl methyl sites for hydroxylation is 1. The van der Waals surface area contributed by atoms with E-state index in [4.69, 9.17) is 11.6 Å². The van der Waals surface area contributed by atoms with Gasteiger partial charge in [0.05, 0.1) is 6.42 Å². The van der Waals surface area contributed by atoms with Gasteiger partial charge in [0.15, 0.2) is 0 Å². The maximum atomic E-state index is 12.0. The molecule has 1 aromatic carbocycles. The van der Waals surface area contributed by atoms with Crippen molar-refractivity contribution in [3.05, 3.63) is 58.9 Å². The zero-order valence-electron chi connectivity index (χ0n) is 13.6. The van der Waals surface area contributed by atoms with Crippen molar-refractivity contribution in [2.24, 2.45) is 0 Å². The number of amides is 1. The van der Waals surface area contributed by atoms with Crippen LogP contribution >= 0.6 is 11.6 Å². The number of nitrogens with zero attached hydrogens (tertiary/aromatic N) is 2. The Labute approximate surface area is 142 Å². The van der Waals surface area contributed by atoms with Gasteiger partial charge < -0.3 is 10.2 Å². The Morgan fingerprint density at radius 2 is 2.04 bits per heavy atom. The molecule has 0 atom stereocenters. The van der Waals surface area contributed by atoms with E-state index in [2.05, 4.69) is 41.2 Å². The predicted octanol–water partition coefficient (Wildman–Crippen LogP) is 3.23. The highest BCUT2D eigenvalue weighted by molar-refractivity contribution is 6.29. The molecule has 0 spiro atoms. The molecular formula is C18H22ClN3O. The average molecular weight is 332 g/mol. The molecule has 1 aromatic heterocycles. The van der Waals surface area contributed by atoms with Crippen molar-refractivity contribution in [2.75, 3.05) is 24.5 Å². The van der Waals surface area contributed by atoms with E-state index in [1.807, 2.05) is 18.2 Å². The maximum Gasteiger partial charge on any atom is 0.224 e. The Balaban J connectivity index is 1.82. The number of aromatic nitrogens is 1. The van der Waals surface area contributed by atoms with Crippen LogP contribution < -0.4 is 10.2 Å². The van der Waals surface area contributed by atoms with E-state index in [-0.39, 0.29) is 5.91 Å². The lowest BCUT2D eigenvalue weighted by Crippen LogP contribution is -2.35. The van der Waals surface area contributed by atoms with E-state index in [9.17, 15) is 4.79 Å². The summed E-state index contributed by atoms with van der Waals surface area (Å²) in [5.74, 6) is -0.00467. The van der Waals surface area contributed by atoms with Crippen molar-refractivity contribution in [1.82, 2.24) is 10.3 Å². The molecule has 23 heavy (non-hydrogen) atoms. The topological polar surface area (TPSA) is 45.2 Å². The van der Waals surface area contributed by atoms with E-state index >= 15 is 0 Å². The highest BCUT2D eigenvalue weighted by Gasteiger charge is 2.08. The van der Waals surface area contributed by atoms with Crippen LogP contribution in [-0.4, -0.2) is 30.5 Å². The molecule has 5 heteroatoms. The number of para-hydroxylation sites is 1. The first-order valence-corrected chi connectivity index (χ1v) is 8.15. The van der Waals surface area contributed by atoms with Crippen LogP contribution in [0, 0.1) is 6.92 Å². The molecule has 122 valence electrons. The highest BCUT2D eigenvalue weighted by Crippen LogP contribution is 2.18. The minimum Gasteiger partial charge on any atom is -0.370 e. The molecular weight excluding hydrogens is 310 g/mol. The Bertz CT molecular complexity index is 643. The smallest absolute Gasteiger partial charge is 0.224 e. The number of carbonyl (C=O) groups excluding carboxylic acids is 1. The van der Waals surface area contributed by atoms with Gasteiger partial charge in [0.25, 0.3) is 0 Å². The summed E-state index contributed by atoms with van der Waals surface area (Å²) in [6.07, 6.45) is 1.95. The molecule has 0 bridgehead atoms. The normalized spacial score (nSPS) is 10.4. The molecule has 0 aliphatic heterocycles. The molecule has 0 saturated carbocycles. The number of hydrogen-bond acceptors (Lipinski definition) is 3. The minimum absolute atomic E-state index is 0.00467. The molecule has 2 aromatic rings. The number of nitrogens with one attached hydrogen (secondary N) is 1. The third-order valence-electron chi connectivity index (χ3n) is 3.70. The molecule has 1 N–H and O–H groups in total. The summed E-state index contributed by atoms with van der Waals surface area (Å²) in [6.45, 7) is 6.52. The van der Waals surface area contributed by atoms with Gasteiger partial charge in [-0.15, -0.1) is 0 Å². The van der Waals surface area contributed by atoms with E-state index in [1.54, 1.807) is 12.3 Å². The second kappa shape index (κ2) is 8.53. The highest BCUT2D eigenvalue weighted by atomic mass is 35.5. The van der Waals surface area contributed by atoms with Crippen LogP contribution in [0.5, 0.6) is 0 Å².